The van der Waals surface area contributed by atoms with E-state index in [-0.39, 0.29) is 0 Å². The SMILES string of the molecule is CNC1CCC(C)c2ccc(C)cc21. The van der Waals surface area contributed by atoms with Gasteiger partial charge in [0.1, 0.15) is 0 Å². The number of aryl methyl sites for hydroxylation is 1. The second kappa shape index (κ2) is 3.74. The fourth-order valence-corrected chi connectivity index (χ4v) is 2.47. The van der Waals surface area contributed by atoms with E-state index in [4.69, 9.17) is 0 Å². The summed E-state index contributed by atoms with van der Waals surface area (Å²) in [6, 6.07) is 7.44. The molecule has 1 aliphatic rings. The summed E-state index contributed by atoms with van der Waals surface area (Å²) in [4.78, 5) is 0. The first-order valence-corrected chi connectivity index (χ1v) is 5.50. The number of nitrogens with one attached hydrogen (secondary N) is 1. The monoisotopic (exact) mass is 189 g/mol. The molecule has 1 N–H and O–H groups in total. The van der Waals surface area contributed by atoms with Crippen LogP contribution in [0, 0.1) is 6.92 Å². The van der Waals surface area contributed by atoms with Crippen LogP contribution in [-0.4, -0.2) is 7.05 Å². The topological polar surface area (TPSA) is 12.0 Å². The molecule has 0 saturated heterocycles. The maximum Gasteiger partial charge on any atom is 0.0320 e. The lowest BCUT2D eigenvalue weighted by molar-refractivity contribution is 0.459. The van der Waals surface area contributed by atoms with Gasteiger partial charge in [0.2, 0.25) is 0 Å². The standard InChI is InChI=1S/C13H19N/c1-9-4-6-11-10(2)5-7-13(14-3)12(11)8-9/h4,6,8,10,13-14H,5,7H2,1-3H3. The van der Waals surface area contributed by atoms with Crippen LogP contribution in [0.1, 0.15) is 48.4 Å². The summed E-state index contributed by atoms with van der Waals surface area (Å²) in [7, 11) is 2.06. The molecule has 2 unspecified atom stereocenters. The van der Waals surface area contributed by atoms with Crippen LogP contribution in [0.2, 0.25) is 0 Å². The number of hydrogen-bond acceptors (Lipinski definition) is 1. The summed E-state index contributed by atoms with van der Waals surface area (Å²) in [5, 5.41) is 3.41. The van der Waals surface area contributed by atoms with Gasteiger partial charge in [0.15, 0.2) is 0 Å². The van der Waals surface area contributed by atoms with Gasteiger partial charge in [0.25, 0.3) is 0 Å². The molecule has 1 aliphatic carbocycles. The molecular formula is C13H19N. The zero-order valence-corrected chi connectivity index (χ0v) is 9.30. The van der Waals surface area contributed by atoms with Crippen molar-refractivity contribution in [3.8, 4) is 0 Å². The van der Waals surface area contributed by atoms with Crippen LogP contribution in [0.3, 0.4) is 0 Å². The highest BCUT2D eigenvalue weighted by Gasteiger charge is 2.23. The molecule has 0 spiro atoms. The maximum atomic E-state index is 3.41. The van der Waals surface area contributed by atoms with Crippen LogP contribution in [0.5, 0.6) is 0 Å². The third-order valence-corrected chi connectivity index (χ3v) is 3.39. The first kappa shape index (κ1) is 9.72. The molecule has 0 amide bonds. The zero-order valence-electron chi connectivity index (χ0n) is 9.30. The van der Waals surface area contributed by atoms with Crippen LogP contribution in [0.25, 0.3) is 0 Å². The number of hydrogen-bond donors (Lipinski definition) is 1. The van der Waals surface area contributed by atoms with E-state index in [1.807, 2.05) is 0 Å². The second-order valence-electron chi connectivity index (χ2n) is 4.45. The zero-order chi connectivity index (χ0) is 10.1. The van der Waals surface area contributed by atoms with Crippen molar-refractivity contribution in [2.24, 2.45) is 0 Å². The van der Waals surface area contributed by atoms with Gasteiger partial charge in [-0.2, -0.15) is 0 Å². The molecule has 76 valence electrons. The molecule has 2 atom stereocenters. The minimum Gasteiger partial charge on any atom is -0.313 e. The van der Waals surface area contributed by atoms with Gasteiger partial charge >= 0.3 is 0 Å². The Morgan fingerprint density at radius 1 is 1.21 bits per heavy atom. The third kappa shape index (κ3) is 1.57. The Morgan fingerprint density at radius 2 is 2.00 bits per heavy atom. The first-order chi connectivity index (χ1) is 6.72. The molecule has 0 bridgehead atoms. The Balaban J connectivity index is 2.46. The highest BCUT2D eigenvalue weighted by atomic mass is 14.9. The quantitative estimate of drug-likeness (QED) is 0.715. The molecule has 0 fully saturated rings. The summed E-state index contributed by atoms with van der Waals surface area (Å²) in [5.74, 6) is 0.732. The van der Waals surface area contributed by atoms with Crippen LogP contribution < -0.4 is 5.32 Å². The summed E-state index contributed by atoms with van der Waals surface area (Å²) in [5.41, 5.74) is 4.44. The molecule has 0 aromatic heterocycles. The van der Waals surface area contributed by atoms with Crippen LogP contribution in [-0.2, 0) is 0 Å². The van der Waals surface area contributed by atoms with Crippen LogP contribution >= 0.6 is 0 Å². The minimum atomic E-state index is 0.570. The Bertz CT molecular complexity index is 330. The molecule has 1 aromatic rings. The van der Waals surface area contributed by atoms with Gasteiger partial charge in [-0.3, -0.25) is 0 Å². The lowest BCUT2D eigenvalue weighted by Crippen LogP contribution is -2.23. The maximum absolute atomic E-state index is 3.41. The van der Waals surface area contributed by atoms with Gasteiger partial charge in [-0.1, -0.05) is 30.7 Å². The van der Waals surface area contributed by atoms with Gasteiger partial charge in [0.05, 0.1) is 0 Å². The van der Waals surface area contributed by atoms with Crippen molar-refractivity contribution in [3.63, 3.8) is 0 Å². The van der Waals surface area contributed by atoms with E-state index < -0.39 is 0 Å². The van der Waals surface area contributed by atoms with E-state index in [0.717, 1.165) is 5.92 Å². The lowest BCUT2D eigenvalue weighted by Gasteiger charge is -2.29. The molecule has 1 aromatic carbocycles. The molecule has 0 saturated carbocycles. The summed E-state index contributed by atoms with van der Waals surface area (Å²) >= 11 is 0. The number of fused-ring (bicyclic) bond motifs is 1. The van der Waals surface area contributed by atoms with Gasteiger partial charge < -0.3 is 5.32 Å². The molecule has 2 rings (SSSR count). The van der Waals surface area contributed by atoms with E-state index in [1.165, 1.54) is 24.0 Å². The van der Waals surface area contributed by atoms with Gasteiger partial charge in [-0.25, -0.2) is 0 Å². The Hall–Kier alpha value is -0.820. The average Bonchev–Trinajstić information content (AvgIpc) is 2.18. The van der Waals surface area contributed by atoms with Gasteiger partial charge in [-0.05, 0) is 43.9 Å². The Kier molecular flexibility index (Phi) is 2.60. The van der Waals surface area contributed by atoms with E-state index in [9.17, 15) is 0 Å². The van der Waals surface area contributed by atoms with Crippen molar-refractivity contribution >= 4 is 0 Å². The van der Waals surface area contributed by atoms with E-state index >= 15 is 0 Å². The third-order valence-electron chi connectivity index (χ3n) is 3.39. The van der Waals surface area contributed by atoms with Crippen LogP contribution in [0.4, 0.5) is 0 Å². The van der Waals surface area contributed by atoms with Crippen molar-refractivity contribution in [2.45, 2.75) is 38.6 Å². The highest BCUT2D eigenvalue weighted by molar-refractivity contribution is 5.37. The predicted octanol–water partition coefficient (Wildman–Crippen LogP) is 3.15. The van der Waals surface area contributed by atoms with Crippen molar-refractivity contribution < 1.29 is 0 Å². The van der Waals surface area contributed by atoms with Crippen molar-refractivity contribution in [3.05, 3.63) is 34.9 Å². The molecule has 14 heavy (non-hydrogen) atoms. The van der Waals surface area contributed by atoms with E-state index in [2.05, 4.69) is 44.4 Å². The Morgan fingerprint density at radius 3 is 2.71 bits per heavy atom. The lowest BCUT2D eigenvalue weighted by atomic mass is 9.80. The molecule has 0 heterocycles. The normalized spacial score (nSPS) is 25.9. The van der Waals surface area contributed by atoms with Crippen LogP contribution in [0.15, 0.2) is 18.2 Å². The summed E-state index contributed by atoms with van der Waals surface area (Å²) < 4.78 is 0. The average molecular weight is 189 g/mol. The van der Waals surface area contributed by atoms with Gasteiger partial charge in [-0.15, -0.1) is 0 Å². The molecule has 0 radical (unpaired) electrons. The summed E-state index contributed by atoms with van der Waals surface area (Å²) in [6.45, 7) is 4.51. The first-order valence-electron chi connectivity index (χ1n) is 5.50. The van der Waals surface area contributed by atoms with E-state index in [0.29, 0.717) is 6.04 Å². The second-order valence-corrected chi connectivity index (χ2v) is 4.45. The fourth-order valence-electron chi connectivity index (χ4n) is 2.47. The largest absolute Gasteiger partial charge is 0.313 e. The van der Waals surface area contributed by atoms with Crippen molar-refractivity contribution in [2.75, 3.05) is 7.05 Å². The van der Waals surface area contributed by atoms with Crippen molar-refractivity contribution in [1.29, 1.82) is 0 Å². The Labute approximate surface area is 86.5 Å². The molecule has 0 aliphatic heterocycles. The summed E-state index contributed by atoms with van der Waals surface area (Å²) in [6.07, 6.45) is 2.58. The smallest absolute Gasteiger partial charge is 0.0320 e. The predicted molar refractivity (Wildman–Crippen MR) is 60.6 cm³/mol. The molecule has 1 nitrogen and oxygen atoms in total. The number of rotatable bonds is 1. The fraction of sp³-hybridized carbons (Fsp3) is 0.538. The molecule has 1 heteroatoms. The van der Waals surface area contributed by atoms with E-state index in [1.54, 1.807) is 5.56 Å². The van der Waals surface area contributed by atoms with Gasteiger partial charge in [0, 0.05) is 6.04 Å². The minimum absolute atomic E-state index is 0.570. The molecular weight excluding hydrogens is 170 g/mol. The number of benzene rings is 1. The van der Waals surface area contributed by atoms with Crippen molar-refractivity contribution in [1.82, 2.24) is 5.32 Å². The highest BCUT2D eigenvalue weighted by Crippen LogP contribution is 2.37.